The lowest BCUT2D eigenvalue weighted by molar-refractivity contribution is -0.147. The van der Waals surface area contributed by atoms with Gasteiger partial charge in [0.1, 0.15) is 24.8 Å². The van der Waals surface area contributed by atoms with E-state index in [-0.39, 0.29) is 45.4 Å². The van der Waals surface area contributed by atoms with Crippen molar-refractivity contribution in [1.29, 1.82) is 0 Å². The van der Waals surface area contributed by atoms with Crippen LogP contribution in [0.4, 0.5) is 15.3 Å². The van der Waals surface area contributed by atoms with Crippen molar-refractivity contribution in [2.45, 2.75) is 91.1 Å². The summed E-state index contributed by atoms with van der Waals surface area (Å²) in [6, 6.07) is 1.64. The molecule has 54 heavy (non-hydrogen) atoms. The highest BCUT2D eigenvalue weighted by Gasteiger charge is 2.35. The molecule has 19 nitrogen and oxygen atoms in total. The van der Waals surface area contributed by atoms with E-state index in [0.717, 1.165) is 17.1 Å². The number of imide groups is 1. The number of hydrogen-bond acceptors (Lipinski definition) is 11. The molecular weight excluding hydrogens is 710 g/mol. The Morgan fingerprint density at radius 3 is 1.98 bits per heavy atom. The second-order valence-corrected chi connectivity index (χ2v) is 13.0. The van der Waals surface area contributed by atoms with Gasteiger partial charge >= 0.3 is 18.2 Å². The molecule has 1 aliphatic rings. The highest BCUT2D eigenvalue weighted by Crippen LogP contribution is 2.16. The van der Waals surface area contributed by atoms with Crippen LogP contribution in [0.1, 0.15) is 65.9 Å². The summed E-state index contributed by atoms with van der Waals surface area (Å²) in [6.45, 7) is 7.82. The van der Waals surface area contributed by atoms with Gasteiger partial charge in [0, 0.05) is 43.8 Å². The third kappa shape index (κ3) is 14.5. The van der Waals surface area contributed by atoms with E-state index in [9.17, 15) is 48.3 Å². The van der Waals surface area contributed by atoms with Gasteiger partial charge in [-0.25, -0.2) is 14.4 Å². The molecule has 0 fully saturated rings. The second kappa shape index (κ2) is 21.5. The van der Waals surface area contributed by atoms with Crippen molar-refractivity contribution in [1.82, 2.24) is 26.2 Å². The zero-order chi connectivity index (χ0) is 40.5. The molecule has 8 amide bonds. The quantitative estimate of drug-likeness (QED) is 0.0518. The molecule has 1 aromatic rings. The Bertz CT molecular complexity index is 1560. The molecule has 0 aromatic heterocycles. The Balaban J connectivity index is 2.05. The van der Waals surface area contributed by atoms with E-state index >= 15 is 0 Å². The van der Waals surface area contributed by atoms with Crippen molar-refractivity contribution in [3.63, 3.8) is 0 Å². The Morgan fingerprint density at radius 1 is 0.833 bits per heavy atom. The monoisotopic (exact) mass is 759 g/mol. The number of nitrogens with zero attached hydrogens (tertiary/aromatic N) is 1. The first kappa shape index (κ1) is 44.2. The largest absolute Gasteiger partial charge is 0.508 e. The van der Waals surface area contributed by atoms with Crippen LogP contribution >= 0.6 is 0 Å². The summed E-state index contributed by atoms with van der Waals surface area (Å²) >= 11 is 0. The summed E-state index contributed by atoms with van der Waals surface area (Å²) in [5, 5.41) is 22.3. The molecule has 1 aromatic carbocycles. The fourth-order valence-electron chi connectivity index (χ4n) is 5.04. The number of benzene rings is 1. The van der Waals surface area contributed by atoms with Gasteiger partial charge in [0.15, 0.2) is 6.04 Å². The number of hydrogen-bond donors (Lipinski definition) is 7. The van der Waals surface area contributed by atoms with E-state index in [2.05, 4.69) is 26.6 Å². The number of anilines is 1. The molecule has 296 valence electrons. The number of aliphatic carboxylic acids is 1. The first-order chi connectivity index (χ1) is 25.4. The van der Waals surface area contributed by atoms with Crippen LogP contribution in [-0.4, -0.2) is 101 Å². The lowest BCUT2D eigenvalue weighted by atomic mass is 9.99. The van der Waals surface area contributed by atoms with E-state index < -0.39 is 89.7 Å². The molecule has 2 rings (SSSR count). The summed E-state index contributed by atoms with van der Waals surface area (Å²) in [5.74, 6) is -5.78. The maximum atomic E-state index is 13.4. The Kier molecular flexibility index (Phi) is 17.6. The molecule has 1 aliphatic heterocycles. The van der Waals surface area contributed by atoms with Gasteiger partial charge in [-0.05, 0) is 42.4 Å². The van der Waals surface area contributed by atoms with E-state index in [0.29, 0.717) is 11.3 Å². The molecule has 0 radical (unpaired) electrons. The molecule has 0 bridgehead atoms. The van der Waals surface area contributed by atoms with Gasteiger partial charge in [0.05, 0.1) is 0 Å². The molecule has 0 saturated carbocycles. The normalized spacial score (nSPS) is 14.5. The van der Waals surface area contributed by atoms with Crippen molar-refractivity contribution in [2.75, 3.05) is 18.4 Å². The third-order valence-electron chi connectivity index (χ3n) is 8.03. The standard InChI is InChI=1S/C35H49N7O12/c1-6-24(43)40-29(33(49)50)30(20(4)5)54-35(52)53-18-21-9-11-22(12-10-21)38-31(47)23(8-7-16-37-34(36)51)39-32(48)28(19(2)3)41-25(44)15-17-42-26(45)13-14-27(42)46/h9-14,19-20,23,28-30H,6-8,15-18H2,1-5H3,(H,38,47)(H,39,48)(H,40,43)(H,41,44)(H,49,50)(H3,36,37,51)/t23?,28?,29-,30+/m0/s1. The van der Waals surface area contributed by atoms with E-state index in [1.54, 1.807) is 46.8 Å². The van der Waals surface area contributed by atoms with Crippen LogP contribution in [0.15, 0.2) is 36.4 Å². The lowest BCUT2D eigenvalue weighted by Gasteiger charge is -2.27. The highest BCUT2D eigenvalue weighted by molar-refractivity contribution is 6.13. The van der Waals surface area contributed by atoms with Crippen molar-refractivity contribution < 1.29 is 57.7 Å². The molecule has 0 spiro atoms. The topological polar surface area (TPSA) is 282 Å². The number of urea groups is 1. The van der Waals surface area contributed by atoms with Crippen LogP contribution in [0, 0.1) is 11.8 Å². The number of nitrogens with two attached hydrogens (primary N) is 1. The first-order valence-corrected chi connectivity index (χ1v) is 17.3. The van der Waals surface area contributed by atoms with Crippen molar-refractivity contribution >= 4 is 59.3 Å². The zero-order valence-electron chi connectivity index (χ0n) is 30.8. The molecule has 0 saturated heterocycles. The number of amides is 8. The number of nitrogens with one attached hydrogen (secondary N) is 5. The number of carboxylic acids is 1. The van der Waals surface area contributed by atoms with Crippen LogP contribution in [0.3, 0.4) is 0 Å². The lowest BCUT2D eigenvalue weighted by Crippen LogP contribution is -2.54. The summed E-state index contributed by atoms with van der Waals surface area (Å²) in [6.07, 6.45) is -0.0779. The van der Waals surface area contributed by atoms with Crippen molar-refractivity contribution in [2.24, 2.45) is 17.6 Å². The van der Waals surface area contributed by atoms with Gasteiger partial charge in [-0.2, -0.15) is 0 Å². The number of carboxylic acid groups (broad SMARTS) is 1. The first-order valence-electron chi connectivity index (χ1n) is 17.3. The van der Waals surface area contributed by atoms with Gasteiger partial charge in [-0.15, -0.1) is 0 Å². The van der Waals surface area contributed by atoms with Crippen LogP contribution in [-0.2, 0) is 49.6 Å². The maximum absolute atomic E-state index is 13.4. The average molecular weight is 760 g/mol. The average Bonchev–Trinajstić information content (AvgIpc) is 3.43. The number of primary amides is 1. The van der Waals surface area contributed by atoms with Crippen LogP contribution in [0.5, 0.6) is 0 Å². The van der Waals surface area contributed by atoms with E-state index in [1.807, 2.05) is 0 Å². The predicted molar refractivity (Wildman–Crippen MR) is 191 cm³/mol. The number of carbonyl (C=O) groups excluding carboxylic acids is 8. The summed E-state index contributed by atoms with van der Waals surface area (Å²) in [4.78, 5) is 111. The minimum atomic E-state index is -1.49. The van der Waals surface area contributed by atoms with Gasteiger partial charge in [0.2, 0.25) is 23.6 Å². The molecule has 19 heteroatoms. The number of carbonyl (C=O) groups is 9. The number of ether oxygens (including phenoxy) is 2. The molecule has 0 aliphatic carbocycles. The summed E-state index contributed by atoms with van der Waals surface area (Å²) < 4.78 is 10.4. The Labute approximate surface area is 312 Å². The highest BCUT2D eigenvalue weighted by atomic mass is 16.7. The van der Waals surface area contributed by atoms with Crippen molar-refractivity contribution in [3.8, 4) is 0 Å². The molecule has 1 heterocycles. The fourth-order valence-corrected chi connectivity index (χ4v) is 5.04. The van der Waals surface area contributed by atoms with Gasteiger partial charge in [-0.3, -0.25) is 33.7 Å². The van der Waals surface area contributed by atoms with Gasteiger partial charge in [0.25, 0.3) is 11.8 Å². The molecule has 4 atom stereocenters. The zero-order valence-corrected chi connectivity index (χ0v) is 30.8. The molecule has 2 unspecified atom stereocenters. The smallest absolute Gasteiger partial charge is 0.480 e. The number of rotatable bonds is 21. The van der Waals surface area contributed by atoms with Crippen LogP contribution < -0.4 is 32.3 Å². The second-order valence-electron chi connectivity index (χ2n) is 13.0. The third-order valence-corrected chi connectivity index (χ3v) is 8.03. The fraction of sp³-hybridized carbons (Fsp3) is 0.514. The summed E-state index contributed by atoms with van der Waals surface area (Å²) in [5.41, 5.74) is 5.92. The minimum Gasteiger partial charge on any atom is -0.480 e. The molecule has 8 N–H and O–H groups in total. The van der Waals surface area contributed by atoms with Crippen LogP contribution in [0.2, 0.25) is 0 Å². The van der Waals surface area contributed by atoms with E-state index in [4.69, 9.17) is 15.2 Å². The Morgan fingerprint density at radius 2 is 1.44 bits per heavy atom. The van der Waals surface area contributed by atoms with Gasteiger partial charge < -0.3 is 46.9 Å². The van der Waals surface area contributed by atoms with E-state index in [1.165, 1.54) is 12.1 Å². The summed E-state index contributed by atoms with van der Waals surface area (Å²) in [7, 11) is 0. The van der Waals surface area contributed by atoms with Gasteiger partial charge in [-0.1, -0.05) is 46.8 Å². The molecular formula is C35H49N7O12. The SMILES string of the molecule is CCC(=O)N[C@H](C(=O)O)[C@H](OC(=O)OCc1ccc(NC(=O)C(CCCNC(N)=O)NC(=O)C(NC(=O)CCN2C(=O)C=CC2=O)C(C)C)cc1)C(C)C. The van der Waals surface area contributed by atoms with Crippen molar-refractivity contribution in [3.05, 3.63) is 42.0 Å². The Hall–Kier alpha value is -6.01. The maximum Gasteiger partial charge on any atom is 0.508 e. The predicted octanol–water partition coefficient (Wildman–Crippen LogP) is 0.672. The minimum absolute atomic E-state index is 0.0339. The van der Waals surface area contributed by atoms with Crippen LogP contribution in [0.25, 0.3) is 0 Å².